The summed E-state index contributed by atoms with van der Waals surface area (Å²) in [5.41, 5.74) is 0.594. The fourth-order valence-electron chi connectivity index (χ4n) is 1.56. The maximum atomic E-state index is 13.2. The van der Waals surface area contributed by atoms with Crippen molar-refractivity contribution in [3.63, 3.8) is 0 Å². The lowest BCUT2D eigenvalue weighted by Gasteiger charge is -2.11. The molecule has 0 unspecified atom stereocenters. The third-order valence-electron chi connectivity index (χ3n) is 2.60. The van der Waals surface area contributed by atoms with Gasteiger partial charge in [-0.15, -0.1) is 0 Å². The average molecular weight is 316 g/mol. The van der Waals surface area contributed by atoms with E-state index in [0.29, 0.717) is 0 Å². The van der Waals surface area contributed by atoms with Gasteiger partial charge in [0, 0.05) is 6.07 Å². The van der Waals surface area contributed by atoms with Crippen LogP contribution < -0.4 is 4.72 Å². The van der Waals surface area contributed by atoms with E-state index >= 15 is 0 Å². The van der Waals surface area contributed by atoms with Gasteiger partial charge in [-0.1, -0.05) is 29.3 Å². The van der Waals surface area contributed by atoms with Gasteiger partial charge in [-0.05, 0) is 25.1 Å². The van der Waals surface area contributed by atoms with E-state index in [2.05, 4.69) is 4.72 Å². The molecule has 0 aliphatic heterocycles. The number of hydrogen-bond donors (Lipinski definition) is 2. The largest absolute Gasteiger partial charge is 0.504 e. The molecular weight excluding hydrogens is 305 g/mol. The fraction of sp³-hybridized carbons (Fsp3) is 0.0769. The van der Waals surface area contributed by atoms with Gasteiger partial charge >= 0.3 is 0 Å². The summed E-state index contributed by atoms with van der Waals surface area (Å²) in [7, 11) is -3.92. The highest BCUT2D eigenvalue weighted by Gasteiger charge is 2.18. The van der Waals surface area contributed by atoms with Crippen molar-refractivity contribution in [1.29, 1.82) is 0 Å². The number of rotatable bonds is 3. The van der Waals surface area contributed by atoms with Gasteiger partial charge in [0.25, 0.3) is 10.0 Å². The van der Waals surface area contributed by atoms with Gasteiger partial charge in [0.2, 0.25) is 0 Å². The van der Waals surface area contributed by atoms with Crippen LogP contribution in [0.25, 0.3) is 0 Å². The second-order valence-electron chi connectivity index (χ2n) is 4.20. The normalized spacial score (nSPS) is 11.3. The van der Waals surface area contributed by atoms with Gasteiger partial charge in [0.1, 0.15) is 5.82 Å². The number of aromatic hydroxyl groups is 1. The van der Waals surface area contributed by atoms with Crippen LogP contribution in [-0.4, -0.2) is 13.5 Å². The number of nitrogens with one attached hydrogen (secondary N) is 1. The van der Waals surface area contributed by atoms with Crippen LogP contribution in [0, 0.1) is 12.7 Å². The van der Waals surface area contributed by atoms with Crippen LogP contribution in [0.2, 0.25) is 5.02 Å². The Morgan fingerprint density at radius 2 is 1.80 bits per heavy atom. The smallest absolute Gasteiger partial charge is 0.262 e. The van der Waals surface area contributed by atoms with E-state index in [-0.39, 0.29) is 15.6 Å². The van der Waals surface area contributed by atoms with Gasteiger partial charge in [0.05, 0.1) is 15.6 Å². The highest BCUT2D eigenvalue weighted by molar-refractivity contribution is 7.92. The number of hydrogen-bond acceptors (Lipinski definition) is 3. The molecule has 0 spiro atoms. The molecule has 0 aliphatic carbocycles. The molecule has 7 heteroatoms. The predicted octanol–water partition coefficient (Wildman–Crippen LogP) is 3.29. The molecule has 20 heavy (non-hydrogen) atoms. The van der Waals surface area contributed by atoms with Gasteiger partial charge in [0.15, 0.2) is 5.75 Å². The summed E-state index contributed by atoms with van der Waals surface area (Å²) in [6.45, 7) is 1.82. The Hall–Kier alpha value is -1.79. The highest BCUT2D eigenvalue weighted by atomic mass is 35.5. The summed E-state index contributed by atoms with van der Waals surface area (Å²) in [6.07, 6.45) is 0. The number of phenols is 1. The molecule has 2 N–H and O–H groups in total. The molecule has 0 saturated heterocycles. The molecule has 0 bridgehead atoms. The first-order valence-electron chi connectivity index (χ1n) is 5.57. The highest BCUT2D eigenvalue weighted by Crippen LogP contribution is 2.34. The number of sulfonamides is 1. The second-order valence-corrected chi connectivity index (χ2v) is 6.29. The Morgan fingerprint density at radius 1 is 1.20 bits per heavy atom. The van der Waals surface area contributed by atoms with E-state index in [1.54, 1.807) is 12.1 Å². The quantitative estimate of drug-likeness (QED) is 0.854. The summed E-state index contributed by atoms with van der Waals surface area (Å²) in [5, 5.41) is 9.38. The number of phenolic OH excluding ortho intramolecular Hbond substituents is 1. The lowest BCUT2D eigenvalue weighted by Crippen LogP contribution is -2.13. The van der Waals surface area contributed by atoms with Crippen LogP contribution in [0.5, 0.6) is 5.75 Å². The van der Waals surface area contributed by atoms with Crippen molar-refractivity contribution < 1.29 is 17.9 Å². The average Bonchev–Trinajstić information content (AvgIpc) is 2.35. The topological polar surface area (TPSA) is 66.4 Å². The van der Waals surface area contributed by atoms with Crippen molar-refractivity contribution in [2.75, 3.05) is 4.72 Å². The molecule has 4 nitrogen and oxygen atoms in total. The number of anilines is 1. The molecule has 2 aromatic carbocycles. The molecule has 106 valence electrons. The van der Waals surface area contributed by atoms with Gasteiger partial charge in [-0.3, -0.25) is 4.72 Å². The Morgan fingerprint density at radius 3 is 2.40 bits per heavy atom. The van der Waals surface area contributed by atoms with Crippen molar-refractivity contribution in [2.45, 2.75) is 11.8 Å². The van der Waals surface area contributed by atoms with Crippen LogP contribution in [0.4, 0.5) is 10.1 Å². The molecule has 0 saturated carbocycles. The van der Waals surface area contributed by atoms with Crippen LogP contribution in [0.3, 0.4) is 0 Å². The molecule has 0 aliphatic rings. The lowest BCUT2D eigenvalue weighted by atomic mass is 10.2. The minimum atomic E-state index is -3.92. The summed E-state index contributed by atoms with van der Waals surface area (Å²) in [5.74, 6) is -1.28. The molecule has 0 aromatic heterocycles. The van der Waals surface area contributed by atoms with E-state index in [1.807, 2.05) is 6.92 Å². The Labute approximate surface area is 120 Å². The van der Waals surface area contributed by atoms with Gasteiger partial charge < -0.3 is 5.11 Å². The zero-order valence-corrected chi connectivity index (χ0v) is 12.0. The number of benzene rings is 2. The third-order valence-corrected chi connectivity index (χ3v) is 4.27. The van der Waals surface area contributed by atoms with Crippen LogP contribution in [-0.2, 0) is 10.0 Å². The SMILES string of the molecule is Cc1ccc(S(=O)(=O)Nc2cc(F)cc(Cl)c2O)cc1. The van der Waals surface area contributed by atoms with Gasteiger partial charge in [-0.25, -0.2) is 12.8 Å². The monoisotopic (exact) mass is 315 g/mol. The first kappa shape index (κ1) is 14.6. The fourth-order valence-corrected chi connectivity index (χ4v) is 2.83. The van der Waals surface area contributed by atoms with Gasteiger partial charge in [-0.2, -0.15) is 0 Å². The predicted molar refractivity (Wildman–Crippen MR) is 75.1 cm³/mol. The summed E-state index contributed by atoms with van der Waals surface area (Å²) in [6, 6.07) is 7.83. The molecule has 0 fully saturated rings. The van der Waals surface area contributed by atoms with Crippen LogP contribution in [0.15, 0.2) is 41.3 Å². The first-order valence-corrected chi connectivity index (χ1v) is 7.43. The van der Waals surface area contributed by atoms with Crippen LogP contribution >= 0.6 is 11.6 Å². The van der Waals surface area contributed by atoms with Crippen LogP contribution in [0.1, 0.15) is 5.56 Å². The Kier molecular flexibility index (Phi) is 3.87. The molecule has 0 heterocycles. The minimum absolute atomic E-state index is 0.00267. The van der Waals surface area contributed by atoms with Crippen molar-refractivity contribution in [2.24, 2.45) is 0 Å². The third kappa shape index (κ3) is 3.02. The Bertz CT molecular complexity index is 745. The zero-order valence-electron chi connectivity index (χ0n) is 10.4. The van der Waals surface area contributed by atoms with Crippen molar-refractivity contribution in [3.8, 4) is 5.75 Å². The second kappa shape index (κ2) is 5.30. The lowest BCUT2D eigenvalue weighted by molar-refractivity contribution is 0.476. The van der Waals surface area contributed by atoms with Crippen molar-refractivity contribution in [3.05, 3.63) is 52.8 Å². The van der Waals surface area contributed by atoms with Crippen molar-refractivity contribution in [1.82, 2.24) is 0 Å². The molecule has 2 aromatic rings. The maximum absolute atomic E-state index is 13.2. The number of aryl methyl sites for hydroxylation is 1. The van der Waals surface area contributed by atoms with E-state index in [1.165, 1.54) is 12.1 Å². The maximum Gasteiger partial charge on any atom is 0.262 e. The van der Waals surface area contributed by atoms with E-state index in [4.69, 9.17) is 11.6 Å². The minimum Gasteiger partial charge on any atom is -0.504 e. The van der Waals surface area contributed by atoms with E-state index < -0.39 is 21.6 Å². The first-order chi connectivity index (χ1) is 9.29. The molecule has 0 radical (unpaired) electrons. The molecule has 0 atom stereocenters. The number of halogens is 2. The van der Waals surface area contributed by atoms with E-state index in [0.717, 1.165) is 17.7 Å². The summed E-state index contributed by atoms with van der Waals surface area (Å²) >= 11 is 5.59. The molecular formula is C13H11ClFNO3S. The molecule has 2 rings (SSSR count). The summed E-state index contributed by atoms with van der Waals surface area (Å²) in [4.78, 5) is 0.00267. The van der Waals surface area contributed by atoms with Crippen molar-refractivity contribution >= 4 is 27.3 Å². The summed E-state index contributed by atoms with van der Waals surface area (Å²) < 4.78 is 39.5. The Balaban J connectivity index is 2.41. The molecule has 0 amide bonds. The van der Waals surface area contributed by atoms with E-state index in [9.17, 15) is 17.9 Å². The zero-order chi connectivity index (χ0) is 14.9. The standard InChI is InChI=1S/C13H11ClFNO3S/c1-8-2-4-10(5-3-8)20(18,19)16-12-7-9(15)6-11(14)13(12)17/h2-7,16-17H,1H3.